The summed E-state index contributed by atoms with van der Waals surface area (Å²) in [6.07, 6.45) is 2.14. The summed E-state index contributed by atoms with van der Waals surface area (Å²) < 4.78 is 5.41. The van der Waals surface area contributed by atoms with E-state index >= 15 is 0 Å². The topological polar surface area (TPSA) is 38.3 Å². The zero-order chi connectivity index (χ0) is 14.5. The lowest BCUT2D eigenvalue weighted by Crippen LogP contribution is -2.43. The Hall–Kier alpha value is -1.51. The summed E-state index contributed by atoms with van der Waals surface area (Å²) in [5.74, 6) is 1.75. The Labute approximate surface area is 120 Å². The number of nitrogens with one attached hydrogen (secondary N) is 1. The van der Waals surface area contributed by atoms with E-state index in [-0.39, 0.29) is 11.3 Å². The monoisotopic (exact) mass is 273 g/mol. The minimum Gasteiger partial charge on any atom is -0.495 e. The molecule has 3 nitrogen and oxygen atoms in total. The molecule has 0 aromatic heterocycles. The van der Waals surface area contributed by atoms with Crippen molar-refractivity contribution in [3.05, 3.63) is 24.3 Å². The van der Waals surface area contributed by atoms with Crippen LogP contribution in [-0.4, -0.2) is 18.4 Å². The molecule has 1 aromatic rings. The summed E-state index contributed by atoms with van der Waals surface area (Å²) in [7, 11) is 1.67. The maximum Gasteiger partial charge on any atom is 0.161 e. The first-order valence-electron chi connectivity index (χ1n) is 7.40. The molecule has 3 rings (SSSR count). The number of carbonyl (C=O) groups excluding carboxylic acids is 1. The number of ketones is 1. The minimum absolute atomic E-state index is 0.0235. The molecule has 3 atom stereocenters. The summed E-state index contributed by atoms with van der Waals surface area (Å²) in [6, 6.07) is 7.84. The number of benzene rings is 1. The highest BCUT2D eigenvalue weighted by Crippen LogP contribution is 2.68. The predicted octanol–water partition coefficient (Wildman–Crippen LogP) is 3.50. The SMILES string of the molecule is COc1ccccc1NC12C(=O)C(C)CCC1C2(C)C. The molecule has 108 valence electrons. The number of hydrogen-bond acceptors (Lipinski definition) is 3. The number of para-hydroxylation sites is 2. The molecule has 2 aliphatic rings. The van der Waals surface area contributed by atoms with Gasteiger partial charge in [0.2, 0.25) is 0 Å². The number of rotatable bonds is 3. The van der Waals surface area contributed by atoms with Gasteiger partial charge in [0.25, 0.3) is 0 Å². The van der Waals surface area contributed by atoms with Crippen LogP contribution in [0.25, 0.3) is 0 Å². The van der Waals surface area contributed by atoms with Crippen LogP contribution in [0.5, 0.6) is 5.75 Å². The predicted molar refractivity (Wildman–Crippen MR) is 80.0 cm³/mol. The lowest BCUT2D eigenvalue weighted by atomic mass is 9.84. The van der Waals surface area contributed by atoms with Crippen molar-refractivity contribution in [1.29, 1.82) is 0 Å². The zero-order valence-electron chi connectivity index (χ0n) is 12.7. The molecule has 1 N–H and O–H groups in total. The Balaban J connectivity index is 1.98. The van der Waals surface area contributed by atoms with Crippen LogP contribution in [0.1, 0.15) is 33.6 Å². The van der Waals surface area contributed by atoms with E-state index in [1.165, 1.54) is 0 Å². The number of methoxy groups -OCH3 is 1. The molecule has 3 unspecified atom stereocenters. The Bertz CT molecular complexity index is 552. The molecule has 0 bridgehead atoms. The summed E-state index contributed by atoms with van der Waals surface area (Å²) in [4.78, 5) is 12.8. The van der Waals surface area contributed by atoms with E-state index < -0.39 is 5.54 Å². The average Bonchev–Trinajstić information content (AvgIpc) is 2.92. The van der Waals surface area contributed by atoms with E-state index in [2.05, 4.69) is 26.1 Å². The third-order valence-corrected chi connectivity index (χ3v) is 5.49. The fourth-order valence-electron chi connectivity index (χ4n) is 4.14. The first-order chi connectivity index (χ1) is 9.45. The van der Waals surface area contributed by atoms with Crippen LogP contribution >= 0.6 is 0 Å². The number of Topliss-reactive ketones (excluding diaryl/α,β-unsaturated/α-hetero) is 1. The first kappa shape index (κ1) is 13.5. The molecule has 3 heteroatoms. The van der Waals surface area contributed by atoms with Crippen LogP contribution in [0.3, 0.4) is 0 Å². The van der Waals surface area contributed by atoms with Crippen molar-refractivity contribution in [2.45, 2.75) is 39.2 Å². The molecule has 0 saturated heterocycles. The molecule has 0 amide bonds. The number of ether oxygens (including phenoxy) is 1. The molecule has 2 fully saturated rings. The van der Waals surface area contributed by atoms with Crippen molar-refractivity contribution in [2.24, 2.45) is 17.3 Å². The molecular formula is C17H23NO2. The normalized spacial score (nSPS) is 34.3. The molecule has 0 heterocycles. The Morgan fingerprint density at radius 3 is 2.65 bits per heavy atom. The molecule has 0 spiro atoms. The van der Waals surface area contributed by atoms with Gasteiger partial charge in [0.15, 0.2) is 5.78 Å². The van der Waals surface area contributed by atoms with Crippen LogP contribution in [0, 0.1) is 17.3 Å². The van der Waals surface area contributed by atoms with Crippen molar-refractivity contribution in [2.75, 3.05) is 12.4 Å². The third kappa shape index (κ3) is 1.55. The van der Waals surface area contributed by atoms with Gasteiger partial charge in [-0.3, -0.25) is 4.79 Å². The fourth-order valence-corrected chi connectivity index (χ4v) is 4.14. The summed E-state index contributed by atoms with van der Waals surface area (Å²) in [6.45, 7) is 6.46. The van der Waals surface area contributed by atoms with Gasteiger partial charge < -0.3 is 10.1 Å². The molecule has 0 radical (unpaired) electrons. The maximum absolute atomic E-state index is 12.8. The molecule has 2 aliphatic carbocycles. The smallest absolute Gasteiger partial charge is 0.161 e. The highest BCUT2D eigenvalue weighted by Gasteiger charge is 2.76. The van der Waals surface area contributed by atoms with Gasteiger partial charge in [0.1, 0.15) is 11.3 Å². The fraction of sp³-hybridized carbons (Fsp3) is 0.588. The van der Waals surface area contributed by atoms with Crippen LogP contribution in [0.15, 0.2) is 24.3 Å². The molecular weight excluding hydrogens is 250 g/mol. The Kier molecular flexibility index (Phi) is 2.86. The number of hydrogen-bond donors (Lipinski definition) is 1. The first-order valence-corrected chi connectivity index (χ1v) is 7.40. The van der Waals surface area contributed by atoms with Crippen LogP contribution < -0.4 is 10.1 Å². The third-order valence-electron chi connectivity index (χ3n) is 5.49. The minimum atomic E-state index is -0.403. The molecule has 2 saturated carbocycles. The lowest BCUT2D eigenvalue weighted by molar-refractivity contribution is -0.126. The summed E-state index contributed by atoms with van der Waals surface area (Å²) in [5.41, 5.74) is 0.544. The van der Waals surface area contributed by atoms with Gasteiger partial charge in [-0.25, -0.2) is 0 Å². The highest BCUT2D eigenvalue weighted by atomic mass is 16.5. The van der Waals surface area contributed by atoms with E-state index in [0.717, 1.165) is 24.3 Å². The van der Waals surface area contributed by atoms with Gasteiger partial charge in [-0.05, 0) is 30.9 Å². The summed E-state index contributed by atoms with van der Waals surface area (Å²) >= 11 is 0. The van der Waals surface area contributed by atoms with Crippen molar-refractivity contribution >= 4 is 11.5 Å². The Morgan fingerprint density at radius 2 is 1.95 bits per heavy atom. The molecule has 1 aromatic carbocycles. The van der Waals surface area contributed by atoms with Gasteiger partial charge in [-0.2, -0.15) is 0 Å². The standard InChI is InChI=1S/C17H23NO2/c1-11-9-10-14-16(2,3)17(14,15(11)19)18-12-7-5-6-8-13(12)20-4/h5-8,11,14,18H,9-10H2,1-4H3. The van der Waals surface area contributed by atoms with Crippen molar-refractivity contribution < 1.29 is 9.53 Å². The van der Waals surface area contributed by atoms with Gasteiger partial charge >= 0.3 is 0 Å². The molecule has 0 aliphatic heterocycles. The van der Waals surface area contributed by atoms with Gasteiger partial charge in [0, 0.05) is 11.3 Å². The highest BCUT2D eigenvalue weighted by molar-refractivity contribution is 5.99. The van der Waals surface area contributed by atoms with Crippen LogP contribution in [0.2, 0.25) is 0 Å². The van der Waals surface area contributed by atoms with E-state index in [1.54, 1.807) is 7.11 Å². The van der Waals surface area contributed by atoms with Crippen molar-refractivity contribution in [3.63, 3.8) is 0 Å². The summed E-state index contributed by atoms with van der Waals surface area (Å²) in [5, 5.41) is 3.55. The largest absolute Gasteiger partial charge is 0.495 e. The molecule has 20 heavy (non-hydrogen) atoms. The second-order valence-electron chi connectivity index (χ2n) is 6.75. The second kappa shape index (κ2) is 4.24. The zero-order valence-corrected chi connectivity index (χ0v) is 12.7. The van der Waals surface area contributed by atoms with Crippen LogP contribution in [0.4, 0.5) is 5.69 Å². The number of fused-ring (bicyclic) bond motifs is 1. The van der Waals surface area contributed by atoms with E-state index in [1.807, 2.05) is 24.3 Å². The maximum atomic E-state index is 12.8. The van der Waals surface area contributed by atoms with Crippen LogP contribution in [-0.2, 0) is 4.79 Å². The van der Waals surface area contributed by atoms with Gasteiger partial charge in [-0.15, -0.1) is 0 Å². The second-order valence-corrected chi connectivity index (χ2v) is 6.75. The lowest BCUT2D eigenvalue weighted by Gasteiger charge is -2.29. The van der Waals surface area contributed by atoms with E-state index in [9.17, 15) is 4.79 Å². The Morgan fingerprint density at radius 1 is 1.25 bits per heavy atom. The number of carbonyl (C=O) groups is 1. The van der Waals surface area contributed by atoms with E-state index in [4.69, 9.17) is 4.74 Å². The van der Waals surface area contributed by atoms with Crippen molar-refractivity contribution in [1.82, 2.24) is 0 Å². The van der Waals surface area contributed by atoms with Gasteiger partial charge in [0.05, 0.1) is 12.8 Å². The van der Waals surface area contributed by atoms with Gasteiger partial charge in [-0.1, -0.05) is 32.9 Å². The van der Waals surface area contributed by atoms with Crippen molar-refractivity contribution in [3.8, 4) is 5.75 Å². The quantitative estimate of drug-likeness (QED) is 0.916. The number of anilines is 1. The average molecular weight is 273 g/mol. The van der Waals surface area contributed by atoms with E-state index in [0.29, 0.717) is 11.7 Å².